The number of benzene rings is 3. The lowest BCUT2D eigenvalue weighted by Gasteiger charge is -2.13. The summed E-state index contributed by atoms with van der Waals surface area (Å²) in [5.74, 6) is 0.425. The van der Waals surface area contributed by atoms with E-state index < -0.39 is 0 Å². The molecule has 7 heteroatoms. The van der Waals surface area contributed by atoms with Crippen molar-refractivity contribution in [2.45, 2.75) is 6.92 Å². The first kappa shape index (κ1) is 21.2. The average molecular weight is 425 g/mol. The van der Waals surface area contributed by atoms with Gasteiger partial charge >= 0.3 is 0 Å². The maximum atomic E-state index is 12.7. The van der Waals surface area contributed by atoms with Crippen molar-refractivity contribution in [3.8, 4) is 11.5 Å². The largest absolute Gasteiger partial charge is 0.497 e. The maximum Gasteiger partial charge on any atom is 0.255 e. The van der Waals surface area contributed by atoms with Crippen molar-refractivity contribution in [3.63, 3.8) is 0 Å². The molecule has 0 aliphatic rings. The van der Waals surface area contributed by atoms with Crippen LogP contribution in [-0.2, 0) is 0 Å². The fraction of sp³-hybridized carbons (Fsp3) is 0.130. The lowest BCUT2D eigenvalue weighted by atomic mass is 10.1. The number of amides is 2. The number of para-hydroxylation sites is 2. The van der Waals surface area contributed by atoms with Gasteiger partial charge in [-0.25, -0.2) is 0 Å². The van der Waals surface area contributed by atoms with E-state index in [0.717, 1.165) is 0 Å². The monoisotopic (exact) mass is 424 g/mol. The zero-order valence-electron chi connectivity index (χ0n) is 16.6. The lowest BCUT2D eigenvalue weighted by Crippen LogP contribution is -2.15. The number of carbonyl (C=O) groups excluding carboxylic acids is 2. The van der Waals surface area contributed by atoms with Gasteiger partial charge in [0.25, 0.3) is 11.8 Å². The predicted molar refractivity (Wildman–Crippen MR) is 118 cm³/mol. The quantitative estimate of drug-likeness (QED) is 0.543. The Labute approximate surface area is 179 Å². The molecule has 0 atom stereocenters. The molecular formula is C23H21ClN2O4. The normalized spacial score (nSPS) is 10.2. The molecule has 0 aliphatic heterocycles. The number of halogens is 1. The highest BCUT2D eigenvalue weighted by Gasteiger charge is 2.14. The Bertz CT molecular complexity index is 1070. The van der Waals surface area contributed by atoms with Gasteiger partial charge < -0.3 is 20.1 Å². The molecule has 3 aromatic rings. The van der Waals surface area contributed by atoms with Gasteiger partial charge in [0.1, 0.15) is 11.5 Å². The first-order valence-electron chi connectivity index (χ1n) is 9.30. The first-order chi connectivity index (χ1) is 14.5. The van der Waals surface area contributed by atoms with E-state index in [1.165, 1.54) is 13.2 Å². The van der Waals surface area contributed by atoms with Crippen LogP contribution < -0.4 is 20.1 Å². The molecule has 6 nitrogen and oxygen atoms in total. The Morgan fingerprint density at radius 2 is 1.57 bits per heavy atom. The van der Waals surface area contributed by atoms with Gasteiger partial charge in [-0.1, -0.05) is 29.8 Å². The summed E-state index contributed by atoms with van der Waals surface area (Å²) in [6, 6.07) is 18.6. The highest BCUT2D eigenvalue weighted by molar-refractivity contribution is 6.34. The topological polar surface area (TPSA) is 76.7 Å². The third-order valence-corrected chi connectivity index (χ3v) is 4.57. The third kappa shape index (κ3) is 5.10. The third-order valence-electron chi connectivity index (χ3n) is 4.24. The minimum atomic E-state index is -0.366. The number of anilines is 2. The number of methoxy groups -OCH3 is 1. The molecule has 0 radical (unpaired) electrons. The molecule has 0 saturated heterocycles. The minimum absolute atomic E-state index is 0.317. The van der Waals surface area contributed by atoms with Crippen LogP contribution in [0.4, 0.5) is 11.4 Å². The van der Waals surface area contributed by atoms with E-state index in [0.29, 0.717) is 45.6 Å². The molecule has 0 spiro atoms. The van der Waals surface area contributed by atoms with E-state index in [1.54, 1.807) is 54.6 Å². The van der Waals surface area contributed by atoms with Crippen LogP contribution in [0.25, 0.3) is 0 Å². The number of hydrogen-bond donors (Lipinski definition) is 2. The molecule has 3 rings (SSSR count). The second kappa shape index (κ2) is 9.80. The molecular weight excluding hydrogens is 404 g/mol. The van der Waals surface area contributed by atoms with Crippen LogP contribution in [-0.4, -0.2) is 25.5 Å². The summed E-state index contributed by atoms with van der Waals surface area (Å²) < 4.78 is 10.7. The SMILES string of the molecule is CCOc1ccccc1NC(=O)c1ccc(Cl)c(NC(=O)c2cccc(OC)c2)c1. The van der Waals surface area contributed by atoms with Crippen molar-refractivity contribution in [2.75, 3.05) is 24.4 Å². The molecule has 3 aromatic carbocycles. The van der Waals surface area contributed by atoms with Crippen molar-refractivity contribution in [1.82, 2.24) is 0 Å². The highest BCUT2D eigenvalue weighted by atomic mass is 35.5. The van der Waals surface area contributed by atoms with E-state index in [4.69, 9.17) is 21.1 Å². The molecule has 30 heavy (non-hydrogen) atoms. The maximum absolute atomic E-state index is 12.7. The van der Waals surface area contributed by atoms with Crippen LogP contribution in [0.3, 0.4) is 0 Å². The van der Waals surface area contributed by atoms with E-state index in [9.17, 15) is 9.59 Å². The first-order valence-corrected chi connectivity index (χ1v) is 9.67. The standard InChI is InChI=1S/C23H21ClN2O4/c1-3-30-21-10-5-4-9-19(21)25-23(28)16-11-12-18(24)20(14-16)26-22(27)15-7-6-8-17(13-15)29-2/h4-14H,3H2,1-2H3,(H,25,28)(H,26,27). The molecule has 2 N–H and O–H groups in total. The van der Waals surface area contributed by atoms with E-state index in [1.807, 2.05) is 13.0 Å². The lowest BCUT2D eigenvalue weighted by molar-refractivity contribution is 0.101. The smallest absolute Gasteiger partial charge is 0.255 e. The summed E-state index contributed by atoms with van der Waals surface area (Å²) in [4.78, 5) is 25.3. The van der Waals surface area contributed by atoms with Crippen LogP contribution in [0.15, 0.2) is 66.7 Å². The number of rotatable bonds is 7. The highest BCUT2D eigenvalue weighted by Crippen LogP contribution is 2.27. The van der Waals surface area contributed by atoms with Gasteiger partial charge in [0.2, 0.25) is 0 Å². The molecule has 0 saturated carbocycles. The number of ether oxygens (including phenoxy) is 2. The van der Waals surface area contributed by atoms with E-state index >= 15 is 0 Å². The second-order valence-electron chi connectivity index (χ2n) is 6.26. The van der Waals surface area contributed by atoms with E-state index in [-0.39, 0.29) is 11.8 Å². The summed E-state index contributed by atoms with van der Waals surface area (Å²) in [7, 11) is 1.53. The van der Waals surface area contributed by atoms with Gasteiger partial charge in [0, 0.05) is 11.1 Å². The van der Waals surface area contributed by atoms with Gasteiger partial charge in [0.05, 0.1) is 30.1 Å². The number of nitrogens with one attached hydrogen (secondary N) is 2. The van der Waals surface area contributed by atoms with Crippen molar-refractivity contribution in [3.05, 3.63) is 82.9 Å². The van der Waals surface area contributed by atoms with Crippen LogP contribution in [0.5, 0.6) is 11.5 Å². The van der Waals surface area contributed by atoms with Gasteiger partial charge in [0.15, 0.2) is 0 Å². The summed E-state index contributed by atoms with van der Waals surface area (Å²) >= 11 is 6.23. The molecule has 0 aliphatic carbocycles. The average Bonchev–Trinajstić information content (AvgIpc) is 2.76. The number of hydrogen-bond acceptors (Lipinski definition) is 4. The van der Waals surface area contributed by atoms with Crippen LogP contribution in [0, 0.1) is 0 Å². The van der Waals surface area contributed by atoms with Crippen molar-refractivity contribution in [1.29, 1.82) is 0 Å². The summed E-state index contributed by atoms with van der Waals surface area (Å²) in [6.07, 6.45) is 0. The Kier molecular flexibility index (Phi) is 6.93. The summed E-state index contributed by atoms with van der Waals surface area (Å²) in [6.45, 7) is 2.35. The molecule has 0 unspecified atom stereocenters. The van der Waals surface area contributed by atoms with E-state index in [2.05, 4.69) is 10.6 Å². The van der Waals surface area contributed by atoms with Gasteiger partial charge in [-0.2, -0.15) is 0 Å². The second-order valence-corrected chi connectivity index (χ2v) is 6.67. The zero-order valence-corrected chi connectivity index (χ0v) is 17.3. The van der Waals surface area contributed by atoms with Crippen LogP contribution >= 0.6 is 11.6 Å². The van der Waals surface area contributed by atoms with Gasteiger partial charge in [-0.15, -0.1) is 0 Å². The number of carbonyl (C=O) groups is 2. The van der Waals surface area contributed by atoms with Crippen molar-refractivity contribution in [2.24, 2.45) is 0 Å². The molecule has 2 amide bonds. The minimum Gasteiger partial charge on any atom is -0.497 e. The van der Waals surface area contributed by atoms with Crippen LogP contribution in [0.1, 0.15) is 27.6 Å². The molecule has 0 fully saturated rings. The summed E-state index contributed by atoms with van der Waals surface area (Å²) in [5, 5.41) is 5.88. The van der Waals surface area contributed by atoms with Crippen LogP contribution in [0.2, 0.25) is 5.02 Å². The fourth-order valence-electron chi connectivity index (χ4n) is 2.77. The fourth-order valence-corrected chi connectivity index (χ4v) is 2.93. The molecule has 0 heterocycles. The Morgan fingerprint density at radius 1 is 0.867 bits per heavy atom. The Hall–Kier alpha value is -3.51. The predicted octanol–water partition coefficient (Wildman–Crippen LogP) is 5.25. The Morgan fingerprint density at radius 3 is 2.30 bits per heavy atom. The zero-order chi connectivity index (χ0) is 21.5. The van der Waals surface area contributed by atoms with Gasteiger partial charge in [-0.05, 0) is 55.5 Å². The molecule has 154 valence electrons. The summed E-state index contributed by atoms with van der Waals surface area (Å²) in [5.41, 5.74) is 1.63. The molecule has 0 bridgehead atoms. The van der Waals surface area contributed by atoms with Crippen molar-refractivity contribution >= 4 is 34.8 Å². The Balaban J connectivity index is 1.79. The molecule has 0 aromatic heterocycles. The van der Waals surface area contributed by atoms with Gasteiger partial charge in [-0.3, -0.25) is 9.59 Å². The van der Waals surface area contributed by atoms with Crippen molar-refractivity contribution < 1.29 is 19.1 Å².